The van der Waals surface area contributed by atoms with Gasteiger partial charge in [0.1, 0.15) is 5.82 Å². The highest BCUT2D eigenvalue weighted by Gasteiger charge is 2.34. The summed E-state index contributed by atoms with van der Waals surface area (Å²) >= 11 is 0. The molecule has 3 heterocycles. The van der Waals surface area contributed by atoms with Crippen LogP contribution in [-0.2, 0) is 6.42 Å². The van der Waals surface area contributed by atoms with Gasteiger partial charge < -0.3 is 14.4 Å². The quantitative estimate of drug-likeness (QED) is 0.813. The summed E-state index contributed by atoms with van der Waals surface area (Å²) in [6, 6.07) is 6.15. The van der Waals surface area contributed by atoms with Crippen molar-refractivity contribution in [3.8, 4) is 11.5 Å². The summed E-state index contributed by atoms with van der Waals surface area (Å²) in [5.74, 6) is 3.05. The molecule has 0 spiro atoms. The molecule has 3 aliphatic rings. The molecule has 0 unspecified atom stereocenters. The largest absolute Gasteiger partial charge is 0.454 e. The third-order valence-corrected chi connectivity index (χ3v) is 6.00. The predicted molar refractivity (Wildman–Crippen MR) is 104 cm³/mol. The Morgan fingerprint density at radius 1 is 1.21 bits per heavy atom. The molecule has 0 N–H and O–H groups in total. The van der Waals surface area contributed by atoms with Gasteiger partial charge in [0.2, 0.25) is 6.79 Å². The number of ether oxygens (including phenoxy) is 2. The van der Waals surface area contributed by atoms with Crippen LogP contribution in [0.3, 0.4) is 0 Å². The number of carbonyl (C=O) groups is 1. The lowest BCUT2D eigenvalue weighted by Gasteiger charge is -2.40. The predicted octanol–water partition coefficient (Wildman–Crippen LogP) is 3.57. The minimum atomic E-state index is 0.0381. The topological polar surface area (TPSA) is 64.6 Å². The maximum atomic E-state index is 13.0. The van der Waals surface area contributed by atoms with Gasteiger partial charge in [-0.2, -0.15) is 0 Å². The molecular formula is C22H25N3O3. The summed E-state index contributed by atoms with van der Waals surface area (Å²) in [5, 5.41) is 0. The van der Waals surface area contributed by atoms with Crippen LogP contribution >= 0.6 is 0 Å². The molecule has 6 heteroatoms. The van der Waals surface area contributed by atoms with Crippen molar-refractivity contribution in [3.63, 3.8) is 0 Å². The highest BCUT2D eigenvalue weighted by molar-refractivity contribution is 5.93. The molecule has 6 nitrogen and oxygen atoms in total. The van der Waals surface area contributed by atoms with Crippen LogP contribution in [0.25, 0.3) is 0 Å². The first-order chi connectivity index (χ1) is 13.6. The Kier molecular flexibility index (Phi) is 4.22. The maximum absolute atomic E-state index is 13.0. The van der Waals surface area contributed by atoms with Crippen LogP contribution in [0.15, 0.2) is 30.6 Å². The Balaban J connectivity index is 1.28. The highest BCUT2D eigenvalue weighted by atomic mass is 16.7. The number of fused-ring (bicyclic) bond motifs is 1. The van der Waals surface area contributed by atoms with Crippen LogP contribution in [0.4, 0.5) is 0 Å². The van der Waals surface area contributed by atoms with Crippen LogP contribution in [0.5, 0.6) is 11.5 Å². The lowest BCUT2D eigenvalue weighted by Crippen LogP contribution is -2.45. The average molecular weight is 379 g/mol. The third-order valence-electron chi connectivity index (χ3n) is 6.00. The number of piperidine rings is 1. The Morgan fingerprint density at radius 3 is 2.79 bits per heavy atom. The van der Waals surface area contributed by atoms with E-state index in [2.05, 4.69) is 29.0 Å². The maximum Gasteiger partial charge on any atom is 0.257 e. The van der Waals surface area contributed by atoms with E-state index < -0.39 is 0 Å². The van der Waals surface area contributed by atoms with Crippen molar-refractivity contribution in [2.45, 2.75) is 44.9 Å². The van der Waals surface area contributed by atoms with Crippen LogP contribution in [0.2, 0.25) is 0 Å². The van der Waals surface area contributed by atoms with Crippen LogP contribution in [0.1, 0.15) is 60.3 Å². The lowest BCUT2D eigenvalue weighted by atomic mass is 9.76. The highest BCUT2D eigenvalue weighted by Crippen LogP contribution is 2.39. The molecule has 0 radical (unpaired) electrons. The molecular weight excluding hydrogens is 354 g/mol. The fourth-order valence-electron chi connectivity index (χ4n) is 4.36. The average Bonchev–Trinajstić information content (AvgIpc) is 3.45. The van der Waals surface area contributed by atoms with Gasteiger partial charge in [0.25, 0.3) is 5.91 Å². The fourth-order valence-corrected chi connectivity index (χ4v) is 4.36. The standard InChI is InChI=1S/C22H25N3O3/c1-22(10-15-3-6-18-19(9-15)28-14-27-18)7-2-8-25(13-22)21(26)17-11-23-20(24-12-17)16-4-5-16/h3,6,9,11-12,16H,2,4-5,7-8,10,13-14H2,1H3/t22-/m0/s1. The second-order valence-electron chi connectivity index (χ2n) is 8.61. The summed E-state index contributed by atoms with van der Waals surface area (Å²) in [6.07, 6.45) is 8.75. The number of likely N-dealkylation sites (tertiary alicyclic amines) is 1. The number of aromatic nitrogens is 2. The van der Waals surface area contributed by atoms with Gasteiger partial charge in [-0.15, -0.1) is 0 Å². The van der Waals surface area contributed by atoms with E-state index in [1.165, 1.54) is 5.56 Å². The van der Waals surface area contributed by atoms with E-state index in [1.807, 2.05) is 11.0 Å². The van der Waals surface area contributed by atoms with Gasteiger partial charge in [-0.3, -0.25) is 4.79 Å². The first-order valence-electron chi connectivity index (χ1n) is 10.1. The van der Waals surface area contributed by atoms with Crippen molar-refractivity contribution >= 4 is 5.91 Å². The van der Waals surface area contributed by atoms with Crippen molar-refractivity contribution in [1.29, 1.82) is 0 Å². The summed E-state index contributed by atoms with van der Waals surface area (Å²) < 4.78 is 10.9. The van der Waals surface area contributed by atoms with E-state index in [0.717, 1.165) is 62.5 Å². The normalized spacial score (nSPS) is 23.7. The molecule has 5 rings (SSSR count). The van der Waals surface area contributed by atoms with E-state index in [9.17, 15) is 4.79 Å². The smallest absolute Gasteiger partial charge is 0.257 e. The number of nitrogens with zero attached hydrogens (tertiary/aromatic N) is 3. The van der Waals surface area contributed by atoms with Crippen molar-refractivity contribution in [3.05, 3.63) is 47.5 Å². The first-order valence-corrected chi connectivity index (χ1v) is 10.1. The number of amides is 1. The van der Waals surface area contributed by atoms with Gasteiger partial charge in [-0.25, -0.2) is 9.97 Å². The van der Waals surface area contributed by atoms with Gasteiger partial charge in [0, 0.05) is 31.4 Å². The Bertz CT molecular complexity index is 894. The molecule has 1 amide bonds. The second-order valence-corrected chi connectivity index (χ2v) is 8.61. The third kappa shape index (κ3) is 3.43. The molecule has 28 heavy (non-hydrogen) atoms. The molecule has 1 saturated heterocycles. The number of hydrogen-bond donors (Lipinski definition) is 0. The molecule has 1 aliphatic carbocycles. The van der Waals surface area contributed by atoms with Crippen LogP contribution in [0, 0.1) is 5.41 Å². The molecule has 146 valence electrons. The lowest BCUT2D eigenvalue weighted by molar-refractivity contribution is 0.0549. The van der Waals surface area contributed by atoms with E-state index >= 15 is 0 Å². The van der Waals surface area contributed by atoms with Crippen LogP contribution in [-0.4, -0.2) is 40.7 Å². The first kappa shape index (κ1) is 17.5. The van der Waals surface area contributed by atoms with Crippen LogP contribution < -0.4 is 9.47 Å². The van der Waals surface area contributed by atoms with E-state index in [0.29, 0.717) is 18.3 Å². The van der Waals surface area contributed by atoms with Crippen molar-refractivity contribution in [2.75, 3.05) is 19.9 Å². The fraction of sp³-hybridized carbons (Fsp3) is 0.500. The summed E-state index contributed by atoms with van der Waals surface area (Å²) in [5.41, 5.74) is 1.85. The van der Waals surface area contributed by atoms with Crippen molar-refractivity contribution < 1.29 is 14.3 Å². The van der Waals surface area contributed by atoms with Gasteiger partial charge in [0.05, 0.1) is 5.56 Å². The van der Waals surface area contributed by atoms with Gasteiger partial charge in [-0.1, -0.05) is 13.0 Å². The molecule has 2 aliphatic heterocycles. The van der Waals surface area contributed by atoms with Gasteiger partial charge in [0.15, 0.2) is 11.5 Å². The zero-order valence-corrected chi connectivity index (χ0v) is 16.2. The zero-order valence-electron chi connectivity index (χ0n) is 16.2. The molecule has 1 aromatic carbocycles. The summed E-state index contributed by atoms with van der Waals surface area (Å²) in [4.78, 5) is 23.8. The Morgan fingerprint density at radius 2 is 2.00 bits per heavy atom. The van der Waals surface area contributed by atoms with E-state index in [4.69, 9.17) is 9.47 Å². The SMILES string of the molecule is C[C@@]1(Cc2ccc3c(c2)OCO3)CCCN(C(=O)c2cnc(C3CC3)nc2)C1. The van der Waals surface area contributed by atoms with Crippen molar-refractivity contribution in [1.82, 2.24) is 14.9 Å². The zero-order chi connectivity index (χ0) is 19.1. The van der Waals surface area contributed by atoms with Crippen molar-refractivity contribution in [2.24, 2.45) is 5.41 Å². The Labute approximate surface area is 164 Å². The molecule has 1 atom stereocenters. The Hall–Kier alpha value is -2.63. The van der Waals surface area contributed by atoms with E-state index in [1.54, 1.807) is 12.4 Å². The molecule has 2 fully saturated rings. The molecule has 1 saturated carbocycles. The number of carbonyl (C=O) groups excluding carboxylic acids is 1. The summed E-state index contributed by atoms with van der Waals surface area (Å²) in [6.45, 7) is 4.09. The van der Waals surface area contributed by atoms with Gasteiger partial charge in [-0.05, 0) is 55.2 Å². The number of hydrogen-bond acceptors (Lipinski definition) is 5. The second kappa shape index (κ2) is 6.76. The molecule has 1 aromatic heterocycles. The monoisotopic (exact) mass is 379 g/mol. The minimum Gasteiger partial charge on any atom is -0.454 e. The van der Waals surface area contributed by atoms with E-state index in [-0.39, 0.29) is 11.3 Å². The molecule has 0 bridgehead atoms. The number of rotatable bonds is 4. The number of benzene rings is 1. The van der Waals surface area contributed by atoms with Gasteiger partial charge >= 0.3 is 0 Å². The summed E-state index contributed by atoms with van der Waals surface area (Å²) in [7, 11) is 0. The molecule has 2 aromatic rings. The minimum absolute atomic E-state index is 0.0381.